The van der Waals surface area contributed by atoms with E-state index in [0.29, 0.717) is 0 Å². The summed E-state index contributed by atoms with van der Waals surface area (Å²) in [5.41, 5.74) is 7.11. The largest absolute Gasteiger partial charge is 0.494 e. The van der Waals surface area contributed by atoms with Crippen LogP contribution in [-0.2, 0) is 12.8 Å². The molecule has 4 aromatic rings. The van der Waals surface area contributed by atoms with Crippen molar-refractivity contribution in [3.63, 3.8) is 0 Å². The van der Waals surface area contributed by atoms with Crippen LogP contribution in [0, 0.1) is 13.8 Å². The molecule has 0 radical (unpaired) electrons. The Kier molecular flexibility index (Phi) is 7.99. The number of fused-ring (bicyclic) bond motifs is 3. The molecule has 0 aliphatic rings. The molecule has 0 aliphatic carbocycles. The summed E-state index contributed by atoms with van der Waals surface area (Å²) in [6.07, 6.45) is 8.47. The first-order chi connectivity index (χ1) is 16.6. The Balaban J connectivity index is 1.58. The number of aromatic nitrogens is 2. The Hall–Kier alpha value is -3.14. The fraction of sp³-hybridized carbons (Fsp3) is 0.400. The molecule has 0 atom stereocenters. The third kappa shape index (κ3) is 5.67. The molecule has 0 spiro atoms. The predicted octanol–water partition coefficient (Wildman–Crippen LogP) is 7.58. The third-order valence-electron chi connectivity index (χ3n) is 6.43. The van der Waals surface area contributed by atoms with Crippen LogP contribution in [0.5, 0.6) is 5.75 Å². The van der Waals surface area contributed by atoms with E-state index in [4.69, 9.17) is 14.7 Å². The van der Waals surface area contributed by atoms with Crippen LogP contribution in [0.1, 0.15) is 61.8 Å². The van der Waals surface area contributed by atoms with Gasteiger partial charge in [-0.25, -0.2) is 4.98 Å². The van der Waals surface area contributed by atoms with Crippen LogP contribution >= 0.6 is 0 Å². The van der Waals surface area contributed by atoms with Gasteiger partial charge >= 0.3 is 0 Å². The van der Waals surface area contributed by atoms with Crippen LogP contribution in [0.3, 0.4) is 0 Å². The minimum atomic E-state index is 0.787. The Bertz CT molecular complexity index is 1270. The van der Waals surface area contributed by atoms with Crippen LogP contribution < -0.4 is 10.1 Å². The smallest absolute Gasteiger partial charge is 0.153 e. The lowest BCUT2D eigenvalue weighted by molar-refractivity contribution is 0.309. The van der Waals surface area contributed by atoms with E-state index in [2.05, 4.69) is 75.5 Å². The van der Waals surface area contributed by atoms with E-state index in [9.17, 15) is 0 Å². The minimum absolute atomic E-state index is 0.787. The number of anilines is 1. The fourth-order valence-electron chi connectivity index (χ4n) is 4.33. The molecule has 0 bridgehead atoms. The summed E-state index contributed by atoms with van der Waals surface area (Å²) in [4.78, 5) is 9.80. The number of hydrogen-bond acceptors (Lipinski definition) is 4. The number of nitrogens with one attached hydrogen (secondary N) is 1. The van der Waals surface area contributed by atoms with Gasteiger partial charge in [-0.15, -0.1) is 0 Å². The first kappa shape index (κ1) is 24.0. The first-order valence-electron chi connectivity index (χ1n) is 12.7. The Morgan fingerprint density at radius 2 is 1.74 bits per heavy atom. The van der Waals surface area contributed by atoms with E-state index in [-0.39, 0.29) is 0 Å². The highest BCUT2D eigenvalue weighted by molar-refractivity contribution is 6.08. The number of rotatable bonds is 11. The van der Waals surface area contributed by atoms with Crippen molar-refractivity contribution in [2.45, 2.75) is 66.2 Å². The molecule has 2 aromatic carbocycles. The van der Waals surface area contributed by atoms with Crippen LogP contribution in [0.2, 0.25) is 0 Å². The highest BCUT2D eigenvalue weighted by Crippen LogP contribution is 2.30. The van der Waals surface area contributed by atoms with Crippen molar-refractivity contribution in [3.05, 3.63) is 70.9 Å². The topological polar surface area (TPSA) is 47.0 Å². The van der Waals surface area contributed by atoms with Gasteiger partial charge in [-0.1, -0.05) is 44.9 Å². The van der Waals surface area contributed by atoms with Crippen molar-refractivity contribution in [3.8, 4) is 5.75 Å². The second-order valence-corrected chi connectivity index (χ2v) is 9.29. The molecule has 0 aliphatic heterocycles. The maximum atomic E-state index is 5.87. The molecule has 0 saturated carbocycles. The average molecular weight is 456 g/mol. The summed E-state index contributed by atoms with van der Waals surface area (Å²) in [6.45, 7) is 10.4. The maximum Gasteiger partial charge on any atom is 0.153 e. The second kappa shape index (κ2) is 11.3. The van der Waals surface area contributed by atoms with E-state index in [1.54, 1.807) is 0 Å². The summed E-state index contributed by atoms with van der Waals surface area (Å²) in [5, 5.41) is 5.87. The monoisotopic (exact) mass is 455 g/mol. The number of benzene rings is 2. The van der Waals surface area contributed by atoms with E-state index >= 15 is 0 Å². The van der Waals surface area contributed by atoms with Crippen LogP contribution in [-0.4, -0.2) is 23.1 Å². The molecule has 2 heterocycles. The molecule has 2 aromatic heterocycles. The summed E-state index contributed by atoms with van der Waals surface area (Å²) < 4.78 is 5.87. The number of ether oxygens (including phenoxy) is 1. The highest BCUT2D eigenvalue weighted by Gasteiger charge is 2.11. The van der Waals surface area contributed by atoms with Crippen molar-refractivity contribution in [1.82, 2.24) is 9.97 Å². The van der Waals surface area contributed by atoms with E-state index < -0.39 is 0 Å². The van der Waals surface area contributed by atoms with Crippen LogP contribution in [0.25, 0.3) is 21.8 Å². The zero-order valence-corrected chi connectivity index (χ0v) is 21.1. The molecule has 4 rings (SSSR count). The lowest BCUT2D eigenvalue weighted by Gasteiger charge is -2.13. The standard InChI is InChI=1S/C30H37N3O/c1-5-7-15-31-30-29-27(26-14-9-21(3)17-28(26)33-30)19-23(20-32-29)10-11-24-12-13-25(18-22(24)4)34-16-8-6-2/h9,12-14,17-20H,5-8,10-11,15-16H2,1-4H3,(H,31,33). The van der Waals surface area contributed by atoms with Crippen LogP contribution in [0.15, 0.2) is 48.7 Å². The van der Waals surface area contributed by atoms with E-state index in [1.807, 2.05) is 6.20 Å². The predicted molar refractivity (Wildman–Crippen MR) is 144 cm³/mol. The van der Waals surface area contributed by atoms with Gasteiger partial charge in [-0.3, -0.25) is 4.98 Å². The molecule has 0 fully saturated rings. The third-order valence-corrected chi connectivity index (χ3v) is 6.43. The number of unbranched alkanes of at least 4 members (excludes halogenated alkanes) is 2. The molecule has 178 valence electrons. The molecule has 0 amide bonds. The molecular formula is C30H37N3O. The molecule has 4 nitrogen and oxygen atoms in total. The van der Waals surface area contributed by atoms with Gasteiger partial charge < -0.3 is 10.1 Å². The van der Waals surface area contributed by atoms with Gasteiger partial charge in [-0.05, 0) is 86.1 Å². The Morgan fingerprint density at radius 3 is 2.53 bits per heavy atom. The second-order valence-electron chi connectivity index (χ2n) is 9.29. The van der Waals surface area contributed by atoms with Crippen molar-refractivity contribution in [2.75, 3.05) is 18.5 Å². The first-order valence-corrected chi connectivity index (χ1v) is 12.7. The molecule has 34 heavy (non-hydrogen) atoms. The molecule has 4 heteroatoms. The summed E-state index contributed by atoms with van der Waals surface area (Å²) in [6, 6.07) is 15.3. The maximum absolute atomic E-state index is 5.87. The zero-order chi connectivity index (χ0) is 23.9. The van der Waals surface area contributed by atoms with Gasteiger partial charge in [-0.2, -0.15) is 0 Å². The van der Waals surface area contributed by atoms with Gasteiger partial charge in [0, 0.05) is 23.5 Å². The lowest BCUT2D eigenvalue weighted by atomic mass is 9.99. The van der Waals surface area contributed by atoms with Gasteiger partial charge in [0.25, 0.3) is 0 Å². The molecule has 0 saturated heterocycles. The average Bonchev–Trinajstić information content (AvgIpc) is 2.83. The fourth-order valence-corrected chi connectivity index (χ4v) is 4.33. The summed E-state index contributed by atoms with van der Waals surface area (Å²) >= 11 is 0. The lowest BCUT2D eigenvalue weighted by Crippen LogP contribution is -2.05. The number of pyridine rings is 2. The highest BCUT2D eigenvalue weighted by atomic mass is 16.5. The zero-order valence-electron chi connectivity index (χ0n) is 21.1. The summed E-state index contributed by atoms with van der Waals surface area (Å²) in [7, 11) is 0. The van der Waals surface area contributed by atoms with Gasteiger partial charge in [0.05, 0.1) is 12.1 Å². The van der Waals surface area contributed by atoms with Gasteiger partial charge in [0.2, 0.25) is 0 Å². The minimum Gasteiger partial charge on any atom is -0.494 e. The Morgan fingerprint density at radius 1 is 0.882 bits per heavy atom. The van der Waals surface area contributed by atoms with Gasteiger partial charge in [0.1, 0.15) is 11.3 Å². The normalized spacial score (nSPS) is 11.3. The number of aryl methyl sites for hydroxylation is 4. The number of hydrogen-bond donors (Lipinski definition) is 1. The SMILES string of the molecule is CCCCNc1nc2cc(C)ccc2c2cc(CCc3ccc(OCCCC)cc3C)cnc12. The van der Waals surface area contributed by atoms with Crippen molar-refractivity contribution in [2.24, 2.45) is 0 Å². The Labute approximate surface area is 203 Å². The van der Waals surface area contributed by atoms with E-state index in [0.717, 1.165) is 74.3 Å². The molecule has 0 unspecified atom stereocenters. The molecular weight excluding hydrogens is 418 g/mol. The number of nitrogens with zero attached hydrogens (tertiary/aromatic N) is 2. The summed E-state index contributed by atoms with van der Waals surface area (Å²) in [5.74, 6) is 1.86. The van der Waals surface area contributed by atoms with Crippen molar-refractivity contribution >= 4 is 27.6 Å². The van der Waals surface area contributed by atoms with Crippen molar-refractivity contribution < 1.29 is 4.74 Å². The van der Waals surface area contributed by atoms with Gasteiger partial charge in [0.15, 0.2) is 5.82 Å². The van der Waals surface area contributed by atoms with E-state index in [1.165, 1.54) is 33.0 Å². The van der Waals surface area contributed by atoms with Crippen molar-refractivity contribution in [1.29, 1.82) is 0 Å². The quantitative estimate of drug-likeness (QED) is 0.187. The molecule has 1 N–H and O–H groups in total. The van der Waals surface area contributed by atoms with Crippen LogP contribution in [0.4, 0.5) is 5.82 Å².